The first-order valence-corrected chi connectivity index (χ1v) is 9.78. The normalized spacial score (nSPS) is 18.7. The summed E-state index contributed by atoms with van der Waals surface area (Å²) >= 11 is 0. The predicted octanol–water partition coefficient (Wildman–Crippen LogP) is 2.65. The van der Waals surface area contributed by atoms with Crippen molar-refractivity contribution in [2.24, 2.45) is 0 Å². The molecular weight excluding hydrogens is 360 g/mol. The molecule has 0 unspecified atom stereocenters. The number of rotatable bonds is 6. The van der Waals surface area contributed by atoms with Crippen molar-refractivity contribution in [2.75, 3.05) is 13.7 Å². The van der Waals surface area contributed by atoms with Crippen LogP contribution in [0.3, 0.4) is 0 Å². The summed E-state index contributed by atoms with van der Waals surface area (Å²) in [4.78, 5) is 22.3. The minimum absolute atomic E-state index is 0.0694. The molecule has 0 N–H and O–H groups in total. The molecule has 0 spiro atoms. The van der Waals surface area contributed by atoms with Crippen LogP contribution in [0.2, 0.25) is 0 Å². The highest BCUT2D eigenvalue weighted by molar-refractivity contribution is 7.89. The lowest BCUT2D eigenvalue weighted by molar-refractivity contribution is -0.387. The number of para-hydroxylation sites is 1. The quantitative estimate of drug-likeness (QED) is 0.324. The number of carbonyl (C=O) groups is 1. The van der Waals surface area contributed by atoms with E-state index in [1.54, 1.807) is 0 Å². The zero-order valence-corrected chi connectivity index (χ0v) is 15.6. The molecule has 0 radical (unpaired) electrons. The molecule has 0 saturated carbocycles. The van der Waals surface area contributed by atoms with E-state index in [0.29, 0.717) is 6.42 Å². The van der Waals surface area contributed by atoms with Crippen molar-refractivity contribution in [3.8, 4) is 0 Å². The zero-order chi connectivity index (χ0) is 19.3. The van der Waals surface area contributed by atoms with Crippen molar-refractivity contribution in [3.63, 3.8) is 0 Å². The Kier molecular flexibility index (Phi) is 6.49. The van der Waals surface area contributed by atoms with Crippen molar-refractivity contribution in [1.29, 1.82) is 0 Å². The second-order valence-corrected chi connectivity index (χ2v) is 7.84. The molecule has 1 aliphatic heterocycles. The molecule has 1 aliphatic rings. The van der Waals surface area contributed by atoms with Crippen molar-refractivity contribution in [1.82, 2.24) is 4.31 Å². The average molecular weight is 382 g/mol. The number of methoxy groups -OCH3 is 1. The molecule has 0 fully saturated rings. The first kappa shape index (κ1) is 20.1. The highest BCUT2D eigenvalue weighted by Crippen LogP contribution is 2.31. The number of hydrogen-bond acceptors (Lipinski definition) is 6. The molecule has 8 nitrogen and oxygen atoms in total. The molecule has 0 bridgehead atoms. The number of nitro benzene ring substituents is 1. The average Bonchev–Trinajstić information content (AvgIpc) is 2.84. The number of sulfonamides is 1. The van der Waals surface area contributed by atoms with E-state index >= 15 is 0 Å². The van der Waals surface area contributed by atoms with Gasteiger partial charge in [0.25, 0.3) is 15.7 Å². The molecule has 26 heavy (non-hydrogen) atoms. The summed E-state index contributed by atoms with van der Waals surface area (Å²) in [5.41, 5.74) is 0.559. The number of carbonyl (C=O) groups excluding carboxylic acids is 1. The molecule has 1 atom stereocenters. The molecule has 0 aliphatic carbocycles. The Morgan fingerprint density at radius 2 is 2.08 bits per heavy atom. The molecule has 0 aromatic heterocycles. The highest BCUT2D eigenvalue weighted by atomic mass is 32.2. The van der Waals surface area contributed by atoms with Gasteiger partial charge in [-0.1, -0.05) is 37.1 Å². The van der Waals surface area contributed by atoms with Gasteiger partial charge in [-0.3, -0.25) is 14.9 Å². The van der Waals surface area contributed by atoms with Crippen LogP contribution in [0.15, 0.2) is 40.8 Å². The minimum Gasteiger partial charge on any atom is -0.468 e. The third-order valence-corrected chi connectivity index (χ3v) is 6.28. The van der Waals surface area contributed by atoms with Crippen LogP contribution in [0.4, 0.5) is 5.69 Å². The van der Waals surface area contributed by atoms with Gasteiger partial charge in [0.15, 0.2) is 4.90 Å². The van der Waals surface area contributed by atoms with Crippen molar-refractivity contribution < 1.29 is 22.9 Å². The van der Waals surface area contributed by atoms with Crippen LogP contribution in [-0.2, 0) is 19.6 Å². The van der Waals surface area contributed by atoms with E-state index < -0.39 is 37.5 Å². The number of nitro groups is 1. The van der Waals surface area contributed by atoms with Gasteiger partial charge in [0.05, 0.1) is 12.0 Å². The summed E-state index contributed by atoms with van der Waals surface area (Å²) < 4.78 is 32.1. The molecule has 2 rings (SSSR count). The van der Waals surface area contributed by atoms with Gasteiger partial charge in [-0.15, -0.1) is 0 Å². The summed E-state index contributed by atoms with van der Waals surface area (Å²) in [5, 5.41) is 11.2. The van der Waals surface area contributed by atoms with Crippen LogP contribution in [0.25, 0.3) is 0 Å². The molecule has 0 saturated heterocycles. The summed E-state index contributed by atoms with van der Waals surface area (Å²) in [6, 6.07) is 4.11. The van der Waals surface area contributed by atoms with Gasteiger partial charge in [0.2, 0.25) is 0 Å². The topological polar surface area (TPSA) is 107 Å². The van der Waals surface area contributed by atoms with E-state index in [9.17, 15) is 23.3 Å². The Labute approximate surface area is 152 Å². The zero-order valence-electron chi connectivity index (χ0n) is 14.8. The van der Waals surface area contributed by atoms with Crippen LogP contribution in [0.1, 0.15) is 32.6 Å². The maximum Gasteiger partial charge on any atom is 0.324 e. The number of esters is 1. The smallest absolute Gasteiger partial charge is 0.324 e. The van der Waals surface area contributed by atoms with Gasteiger partial charge in [0, 0.05) is 12.6 Å². The van der Waals surface area contributed by atoms with Crippen LogP contribution in [-0.4, -0.2) is 43.3 Å². The first-order chi connectivity index (χ1) is 12.3. The van der Waals surface area contributed by atoms with Crippen LogP contribution in [0.5, 0.6) is 0 Å². The molecule has 142 valence electrons. The van der Waals surface area contributed by atoms with Gasteiger partial charge < -0.3 is 4.74 Å². The second-order valence-electron chi connectivity index (χ2n) is 5.98. The number of ether oxygens (including phenoxy) is 1. The third-order valence-electron chi connectivity index (χ3n) is 4.32. The Hall–Kier alpha value is -2.26. The Balaban J connectivity index is 2.49. The lowest BCUT2D eigenvalue weighted by Gasteiger charge is -2.27. The van der Waals surface area contributed by atoms with Gasteiger partial charge >= 0.3 is 5.97 Å². The SMILES string of the molecule is CCCC1=CC[C@@H](C(=O)OC)N(S(=O)(=O)c2ccccc2[N+](=O)[O-])CC1. The summed E-state index contributed by atoms with van der Waals surface area (Å²) in [5.74, 6) is -0.679. The van der Waals surface area contributed by atoms with Crippen LogP contribution >= 0.6 is 0 Å². The van der Waals surface area contributed by atoms with Crippen molar-refractivity contribution >= 4 is 21.7 Å². The van der Waals surface area contributed by atoms with Crippen LogP contribution < -0.4 is 0 Å². The maximum absolute atomic E-state index is 13.2. The lowest BCUT2D eigenvalue weighted by atomic mass is 10.1. The van der Waals surface area contributed by atoms with Gasteiger partial charge in [0.1, 0.15) is 6.04 Å². The van der Waals surface area contributed by atoms with Crippen molar-refractivity contribution in [3.05, 3.63) is 46.0 Å². The minimum atomic E-state index is -4.25. The van der Waals surface area contributed by atoms with E-state index in [1.165, 1.54) is 25.3 Å². The van der Waals surface area contributed by atoms with Gasteiger partial charge in [-0.2, -0.15) is 4.31 Å². The molecule has 9 heteroatoms. The number of nitrogens with zero attached hydrogens (tertiary/aromatic N) is 2. The van der Waals surface area contributed by atoms with E-state index in [-0.39, 0.29) is 13.0 Å². The van der Waals surface area contributed by atoms with Gasteiger partial charge in [-0.25, -0.2) is 8.42 Å². The van der Waals surface area contributed by atoms with E-state index in [4.69, 9.17) is 4.74 Å². The predicted molar refractivity (Wildman–Crippen MR) is 95.0 cm³/mol. The maximum atomic E-state index is 13.2. The molecule has 1 aromatic rings. The monoisotopic (exact) mass is 382 g/mol. The number of benzene rings is 1. The van der Waals surface area contributed by atoms with Crippen LogP contribution in [0, 0.1) is 10.1 Å². The summed E-state index contributed by atoms with van der Waals surface area (Å²) in [6.07, 6.45) is 4.25. The largest absolute Gasteiger partial charge is 0.468 e. The summed E-state index contributed by atoms with van der Waals surface area (Å²) in [7, 11) is -3.05. The van der Waals surface area contributed by atoms with Gasteiger partial charge in [-0.05, 0) is 25.3 Å². The fourth-order valence-corrected chi connectivity index (χ4v) is 4.79. The fraction of sp³-hybridized carbons (Fsp3) is 0.471. The molecular formula is C17H22N2O6S. The number of hydrogen-bond donors (Lipinski definition) is 0. The van der Waals surface area contributed by atoms with Crippen molar-refractivity contribution in [2.45, 2.75) is 43.5 Å². The first-order valence-electron chi connectivity index (χ1n) is 8.34. The second kappa shape index (κ2) is 8.41. The van der Waals surface area contributed by atoms with E-state index in [0.717, 1.165) is 28.8 Å². The standard InChI is InChI=1S/C17H22N2O6S/c1-3-6-13-9-10-15(17(20)25-2)18(12-11-13)26(23,24)16-8-5-4-7-14(16)19(21)22/h4-5,7-9,15H,3,6,10-12H2,1-2H3/t15-/m0/s1. The Morgan fingerprint density at radius 3 is 2.69 bits per heavy atom. The van der Waals surface area contributed by atoms with E-state index in [1.807, 2.05) is 13.0 Å². The molecule has 1 heterocycles. The highest BCUT2D eigenvalue weighted by Gasteiger charge is 2.40. The Morgan fingerprint density at radius 1 is 1.38 bits per heavy atom. The van der Waals surface area contributed by atoms with E-state index in [2.05, 4.69) is 0 Å². The summed E-state index contributed by atoms with van der Waals surface area (Å²) in [6.45, 7) is 2.09. The Bertz CT molecular complexity index is 818. The lowest BCUT2D eigenvalue weighted by Crippen LogP contribution is -2.45. The fourth-order valence-electron chi connectivity index (χ4n) is 3.05. The molecule has 0 amide bonds. The third kappa shape index (κ3) is 4.10. The molecule has 1 aromatic carbocycles.